The lowest BCUT2D eigenvalue weighted by Crippen LogP contribution is -2.30. The van der Waals surface area contributed by atoms with E-state index in [9.17, 15) is 4.79 Å². The fourth-order valence-corrected chi connectivity index (χ4v) is 2.91. The highest BCUT2D eigenvalue weighted by Crippen LogP contribution is 2.26. The number of carbonyl (C=O) groups excluding carboxylic acids is 1. The lowest BCUT2D eigenvalue weighted by Gasteiger charge is -2.20. The standard InChI is InChI=1S/C21H22N2O/c1-4-23(5-2)21(24)18-14-20(16-12-10-15(3)11-13-16)22-19-9-7-6-8-17(18)19/h6-14H,4-5H2,1-3H3. The lowest BCUT2D eigenvalue weighted by molar-refractivity contribution is 0.0775. The van der Waals surface area contributed by atoms with Crippen molar-refractivity contribution in [1.82, 2.24) is 9.88 Å². The minimum Gasteiger partial charge on any atom is -0.339 e. The number of rotatable bonds is 4. The third-order valence-electron chi connectivity index (χ3n) is 4.34. The summed E-state index contributed by atoms with van der Waals surface area (Å²) in [6.07, 6.45) is 0. The van der Waals surface area contributed by atoms with Crippen LogP contribution >= 0.6 is 0 Å². The van der Waals surface area contributed by atoms with E-state index in [1.807, 2.05) is 49.1 Å². The van der Waals surface area contributed by atoms with Gasteiger partial charge in [-0.25, -0.2) is 4.98 Å². The van der Waals surface area contributed by atoms with E-state index in [-0.39, 0.29) is 5.91 Å². The Morgan fingerprint density at radius 1 is 1.00 bits per heavy atom. The number of fused-ring (bicyclic) bond motifs is 1. The van der Waals surface area contributed by atoms with Crippen molar-refractivity contribution in [2.75, 3.05) is 13.1 Å². The van der Waals surface area contributed by atoms with Crippen LogP contribution in [0.15, 0.2) is 54.6 Å². The summed E-state index contributed by atoms with van der Waals surface area (Å²) in [5.41, 5.74) is 4.65. The molecule has 3 nitrogen and oxygen atoms in total. The van der Waals surface area contributed by atoms with Crippen molar-refractivity contribution in [3.8, 4) is 11.3 Å². The zero-order chi connectivity index (χ0) is 17.1. The van der Waals surface area contributed by atoms with E-state index in [0.717, 1.165) is 27.7 Å². The van der Waals surface area contributed by atoms with Crippen LogP contribution in [-0.4, -0.2) is 28.9 Å². The molecule has 2 aromatic carbocycles. The molecule has 0 unspecified atom stereocenters. The molecule has 122 valence electrons. The van der Waals surface area contributed by atoms with Crippen molar-refractivity contribution in [3.63, 3.8) is 0 Å². The number of pyridine rings is 1. The van der Waals surface area contributed by atoms with E-state index in [2.05, 4.69) is 31.2 Å². The summed E-state index contributed by atoms with van der Waals surface area (Å²) < 4.78 is 0. The Balaban J connectivity index is 2.19. The van der Waals surface area contributed by atoms with Gasteiger partial charge < -0.3 is 4.90 Å². The summed E-state index contributed by atoms with van der Waals surface area (Å²) >= 11 is 0. The van der Waals surface area contributed by atoms with Gasteiger partial charge in [0.2, 0.25) is 0 Å². The first-order chi connectivity index (χ1) is 11.6. The number of benzene rings is 2. The Morgan fingerprint density at radius 2 is 1.67 bits per heavy atom. The van der Waals surface area contributed by atoms with Crippen molar-refractivity contribution in [3.05, 3.63) is 65.7 Å². The van der Waals surface area contributed by atoms with Gasteiger partial charge in [0.05, 0.1) is 16.8 Å². The van der Waals surface area contributed by atoms with Gasteiger partial charge in [-0.15, -0.1) is 0 Å². The summed E-state index contributed by atoms with van der Waals surface area (Å²) in [6.45, 7) is 7.47. The van der Waals surface area contributed by atoms with E-state index in [1.54, 1.807) is 0 Å². The fourth-order valence-electron chi connectivity index (χ4n) is 2.91. The SMILES string of the molecule is CCN(CC)C(=O)c1cc(-c2ccc(C)cc2)nc2ccccc12. The maximum absolute atomic E-state index is 13.0. The molecule has 0 radical (unpaired) electrons. The van der Waals surface area contributed by atoms with Crippen LogP contribution in [-0.2, 0) is 0 Å². The molecule has 0 bridgehead atoms. The Bertz CT molecular complexity index is 865. The molecule has 1 aromatic heterocycles. The van der Waals surface area contributed by atoms with Gasteiger partial charge in [0.15, 0.2) is 0 Å². The summed E-state index contributed by atoms with van der Waals surface area (Å²) in [7, 11) is 0. The first-order valence-electron chi connectivity index (χ1n) is 8.40. The fraction of sp³-hybridized carbons (Fsp3) is 0.238. The van der Waals surface area contributed by atoms with Gasteiger partial charge in [0.25, 0.3) is 5.91 Å². The van der Waals surface area contributed by atoms with Crippen LogP contribution in [0.4, 0.5) is 0 Å². The Labute approximate surface area is 143 Å². The van der Waals surface area contributed by atoms with Crippen molar-refractivity contribution in [2.45, 2.75) is 20.8 Å². The monoisotopic (exact) mass is 318 g/mol. The van der Waals surface area contributed by atoms with Crippen LogP contribution in [0.2, 0.25) is 0 Å². The molecule has 0 saturated heterocycles. The number of nitrogens with zero attached hydrogens (tertiary/aromatic N) is 2. The second-order valence-electron chi connectivity index (χ2n) is 5.92. The van der Waals surface area contributed by atoms with Gasteiger partial charge >= 0.3 is 0 Å². The molecule has 3 rings (SSSR count). The number of para-hydroxylation sites is 1. The third kappa shape index (κ3) is 3.02. The smallest absolute Gasteiger partial charge is 0.254 e. The van der Waals surface area contributed by atoms with Gasteiger partial charge in [-0.3, -0.25) is 4.79 Å². The minimum absolute atomic E-state index is 0.0620. The predicted octanol–water partition coefficient (Wildman–Crippen LogP) is 4.69. The Morgan fingerprint density at radius 3 is 2.33 bits per heavy atom. The molecular formula is C21H22N2O. The van der Waals surface area contributed by atoms with Crippen LogP contribution in [0.3, 0.4) is 0 Å². The molecule has 0 aliphatic rings. The molecule has 0 aliphatic carbocycles. The lowest BCUT2D eigenvalue weighted by atomic mass is 10.0. The molecule has 0 atom stereocenters. The Kier molecular flexibility index (Phi) is 4.61. The van der Waals surface area contributed by atoms with Crippen LogP contribution < -0.4 is 0 Å². The van der Waals surface area contributed by atoms with Crippen molar-refractivity contribution in [1.29, 1.82) is 0 Å². The molecule has 24 heavy (non-hydrogen) atoms. The average molecular weight is 318 g/mol. The maximum atomic E-state index is 13.0. The van der Waals surface area contributed by atoms with Crippen molar-refractivity contribution < 1.29 is 4.79 Å². The molecule has 0 spiro atoms. The summed E-state index contributed by atoms with van der Waals surface area (Å²) in [5.74, 6) is 0.0620. The van der Waals surface area contributed by atoms with E-state index >= 15 is 0 Å². The largest absolute Gasteiger partial charge is 0.339 e. The van der Waals surface area contributed by atoms with E-state index in [4.69, 9.17) is 4.98 Å². The van der Waals surface area contributed by atoms with Crippen molar-refractivity contribution >= 4 is 16.8 Å². The van der Waals surface area contributed by atoms with Crippen LogP contribution in [0.5, 0.6) is 0 Å². The quantitative estimate of drug-likeness (QED) is 0.699. The molecule has 1 amide bonds. The number of hydrogen-bond acceptors (Lipinski definition) is 2. The summed E-state index contributed by atoms with van der Waals surface area (Å²) in [5, 5.41) is 0.908. The summed E-state index contributed by atoms with van der Waals surface area (Å²) in [6, 6.07) is 18.0. The molecule has 0 aliphatic heterocycles. The topological polar surface area (TPSA) is 33.2 Å². The highest BCUT2D eigenvalue weighted by atomic mass is 16.2. The third-order valence-corrected chi connectivity index (χ3v) is 4.34. The number of aromatic nitrogens is 1. The average Bonchev–Trinajstić information content (AvgIpc) is 2.62. The number of amides is 1. The molecule has 0 N–H and O–H groups in total. The van der Waals surface area contributed by atoms with Crippen LogP contribution in [0, 0.1) is 6.92 Å². The first kappa shape index (κ1) is 16.2. The normalized spacial score (nSPS) is 10.8. The molecule has 0 fully saturated rings. The first-order valence-corrected chi connectivity index (χ1v) is 8.40. The molecule has 3 heteroatoms. The van der Waals surface area contributed by atoms with E-state index in [0.29, 0.717) is 13.1 Å². The van der Waals surface area contributed by atoms with Gasteiger partial charge in [0.1, 0.15) is 0 Å². The Hall–Kier alpha value is -2.68. The maximum Gasteiger partial charge on any atom is 0.254 e. The molecular weight excluding hydrogens is 296 g/mol. The minimum atomic E-state index is 0.0620. The molecule has 3 aromatic rings. The van der Waals surface area contributed by atoms with E-state index in [1.165, 1.54) is 5.56 Å². The van der Waals surface area contributed by atoms with Gasteiger partial charge in [-0.05, 0) is 32.9 Å². The zero-order valence-electron chi connectivity index (χ0n) is 14.4. The predicted molar refractivity (Wildman–Crippen MR) is 99.2 cm³/mol. The van der Waals surface area contributed by atoms with Crippen LogP contribution in [0.25, 0.3) is 22.2 Å². The molecule has 0 saturated carbocycles. The zero-order valence-corrected chi connectivity index (χ0v) is 14.4. The van der Waals surface area contributed by atoms with Gasteiger partial charge in [-0.1, -0.05) is 48.0 Å². The highest BCUT2D eigenvalue weighted by Gasteiger charge is 2.17. The number of hydrogen-bond donors (Lipinski definition) is 0. The number of carbonyl (C=O) groups is 1. The van der Waals surface area contributed by atoms with Gasteiger partial charge in [-0.2, -0.15) is 0 Å². The number of aryl methyl sites for hydroxylation is 1. The highest BCUT2D eigenvalue weighted by molar-refractivity contribution is 6.07. The van der Waals surface area contributed by atoms with E-state index < -0.39 is 0 Å². The second kappa shape index (κ2) is 6.83. The summed E-state index contributed by atoms with van der Waals surface area (Å²) in [4.78, 5) is 19.6. The van der Waals surface area contributed by atoms with Crippen molar-refractivity contribution in [2.24, 2.45) is 0 Å². The van der Waals surface area contributed by atoms with Gasteiger partial charge in [0, 0.05) is 24.0 Å². The second-order valence-corrected chi connectivity index (χ2v) is 5.92. The molecule has 1 heterocycles. The van der Waals surface area contributed by atoms with Crippen LogP contribution in [0.1, 0.15) is 29.8 Å².